The maximum Gasteiger partial charge on any atom is 0.226 e. The summed E-state index contributed by atoms with van der Waals surface area (Å²) in [5, 5.41) is 7.48. The first-order chi connectivity index (χ1) is 12.4. The Kier molecular flexibility index (Phi) is 5.64. The minimum atomic E-state index is 0.0181. The van der Waals surface area contributed by atoms with Crippen LogP contribution in [0.4, 0.5) is 11.4 Å². The molecular weight excluding hydrogens is 324 g/mol. The minimum absolute atomic E-state index is 0.0181. The van der Waals surface area contributed by atoms with E-state index >= 15 is 0 Å². The number of carbonyl (C=O) groups excluding carboxylic acids is 1. The van der Waals surface area contributed by atoms with Gasteiger partial charge in [0.15, 0.2) is 0 Å². The maximum absolute atomic E-state index is 12.4. The lowest BCUT2D eigenvalue weighted by Gasteiger charge is -2.32. The van der Waals surface area contributed by atoms with Gasteiger partial charge in [-0.15, -0.1) is 0 Å². The van der Waals surface area contributed by atoms with Crippen LogP contribution in [0.1, 0.15) is 50.5 Å². The van der Waals surface area contributed by atoms with Crippen LogP contribution in [0.25, 0.3) is 0 Å². The van der Waals surface area contributed by atoms with Crippen LogP contribution < -0.4 is 10.2 Å². The van der Waals surface area contributed by atoms with Crippen LogP contribution in [0.2, 0.25) is 0 Å². The zero-order chi connectivity index (χ0) is 18.7. The third-order valence-corrected chi connectivity index (χ3v) is 5.24. The highest BCUT2D eigenvalue weighted by atomic mass is 16.1. The summed E-state index contributed by atoms with van der Waals surface area (Å²) >= 11 is 0. The molecule has 1 aliphatic rings. The third-order valence-electron chi connectivity index (χ3n) is 5.24. The number of hydrogen-bond acceptors (Lipinski definition) is 3. The zero-order valence-electron chi connectivity index (χ0n) is 16.3. The molecule has 5 heteroatoms. The Morgan fingerprint density at radius 1 is 1.23 bits per heavy atom. The molecule has 1 fully saturated rings. The van der Waals surface area contributed by atoms with Crippen molar-refractivity contribution >= 4 is 17.3 Å². The van der Waals surface area contributed by atoms with Crippen molar-refractivity contribution in [1.82, 2.24) is 9.78 Å². The lowest BCUT2D eigenvalue weighted by Crippen LogP contribution is -2.32. The van der Waals surface area contributed by atoms with E-state index in [4.69, 9.17) is 0 Å². The zero-order valence-corrected chi connectivity index (χ0v) is 16.3. The highest BCUT2D eigenvalue weighted by Gasteiger charge is 2.17. The summed E-state index contributed by atoms with van der Waals surface area (Å²) in [5.41, 5.74) is 4.16. The molecule has 0 radical (unpaired) electrons. The number of piperidine rings is 1. The normalized spacial score (nSPS) is 16.5. The molecule has 1 atom stereocenters. The Hall–Kier alpha value is -2.30. The van der Waals surface area contributed by atoms with Crippen molar-refractivity contribution in [3.05, 3.63) is 41.7 Å². The fourth-order valence-corrected chi connectivity index (χ4v) is 3.68. The molecule has 0 spiro atoms. The number of carbonyl (C=O) groups is 1. The fraction of sp³-hybridized carbons (Fsp3) is 0.524. The number of benzene rings is 1. The van der Waals surface area contributed by atoms with Crippen molar-refractivity contribution in [3.8, 4) is 0 Å². The summed E-state index contributed by atoms with van der Waals surface area (Å²) in [6.07, 6.45) is 2.92. The van der Waals surface area contributed by atoms with Gasteiger partial charge in [0, 0.05) is 36.6 Å². The molecule has 0 bridgehead atoms. The van der Waals surface area contributed by atoms with Crippen molar-refractivity contribution in [1.29, 1.82) is 0 Å². The number of nitrogens with one attached hydrogen (secondary N) is 1. The highest BCUT2D eigenvalue weighted by Crippen LogP contribution is 2.24. The molecule has 0 saturated carbocycles. The van der Waals surface area contributed by atoms with Gasteiger partial charge in [-0.05, 0) is 69.9 Å². The molecule has 1 aromatic heterocycles. The Bertz CT molecular complexity index is 742. The molecule has 1 amide bonds. The number of rotatable bonds is 5. The average molecular weight is 354 g/mol. The van der Waals surface area contributed by atoms with Crippen molar-refractivity contribution in [2.24, 2.45) is 5.92 Å². The van der Waals surface area contributed by atoms with E-state index in [9.17, 15) is 4.79 Å². The van der Waals surface area contributed by atoms with Gasteiger partial charge in [0.05, 0.1) is 11.7 Å². The van der Waals surface area contributed by atoms with Crippen molar-refractivity contribution in [2.45, 2.75) is 53.0 Å². The minimum Gasteiger partial charge on any atom is -0.372 e. The molecule has 0 aliphatic carbocycles. The highest BCUT2D eigenvalue weighted by molar-refractivity contribution is 5.91. The summed E-state index contributed by atoms with van der Waals surface area (Å²) < 4.78 is 1.93. The van der Waals surface area contributed by atoms with Gasteiger partial charge in [0.25, 0.3) is 0 Å². The van der Waals surface area contributed by atoms with E-state index in [0.717, 1.165) is 36.1 Å². The van der Waals surface area contributed by atoms with Crippen LogP contribution in [0.15, 0.2) is 30.3 Å². The number of aryl methyl sites for hydroxylation is 2. The Morgan fingerprint density at radius 2 is 1.88 bits per heavy atom. The van der Waals surface area contributed by atoms with Crippen LogP contribution in [0.5, 0.6) is 0 Å². The van der Waals surface area contributed by atoms with E-state index in [1.54, 1.807) is 0 Å². The number of nitrogens with zero attached hydrogens (tertiary/aromatic N) is 3. The van der Waals surface area contributed by atoms with Crippen LogP contribution in [0, 0.1) is 19.8 Å². The predicted octanol–water partition coefficient (Wildman–Crippen LogP) is 4.33. The molecule has 1 aromatic carbocycles. The van der Waals surface area contributed by atoms with Crippen molar-refractivity contribution < 1.29 is 4.79 Å². The molecule has 140 valence electrons. The second-order valence-electron chi connectivity index (χ2n) is 7.69. The lowest BCUT2D eigenvalue weighted by atomic mass is 9.99. The average Bonchev–Trinajstić information content (AvgIpc) is 2.95. The van der Waals surface area contributed by atoms with E-state index in [1.165, 1.54) is 18.5 Å². The molecule has 1 N–H and O–H groups in total. The van der Waals surface area contributed by atoms with Gasteiger partial charge >= 0.3 is 0 Å². The van der Waals surface area contributed by atoms with E-state index in [2.05, 4.69) is 34.4 Å². The first-order valence-electron chi connectivity index (χ1n) is 9.60. The standard InChI is InChI=1S/C21H30N4O/c1-15-9-11-24(12-10-15)20-7-5-19(6-8-20)22-21(26)14-18(4)25-17(3)13-16(2)23-25/h5-8,13,15,18H,9-12,14H2,1-4H3,(H,22,26)/t18-/m0/s1. The molecule has 26 heavy (non-hydrogen) atoms. The molecule has 0 unspecified atom stereocenters. The topological polar surface area (TPSA) is 50.2 Å². The summed E-state index contributed by atoms with van der Waals surface area (Å²) in [6, 6.07) is 10.3. The van der Waals surface area contributed by atoms with Crippen LogP contribution in [0.3, 0.4) is 0 Å². The number of anilines is 2. The van der Waals surface area contributed by atoms with Gasteiger partial charge in [-0.3, -0.25) is 9.48 Å². The summed E-state index contributed by atoms with van der Waals surface area (Å²) in [5.74, 6) is 0.846. The van der Waals surface area contributed by atoms with E-state index in [-0.39, 0.29) is 11.9 Å². The van der Waals surface area contributed by atoms with Gasteiger partial charge in [-0.1, -0.05) is 6.92 Å². The second-order valence-corrected chi connectivity index (χ2v) is 7.69. The predicted molar refractivity (Wildman–Crippen MR) is 107 cm³/mol. The molecule has 1 saturated heterocycles. The summed E-state index contributed by atoms with van der Waals surface area (Å²) in [7, 11) is 0. The van der Waals surface area contributed by atoms with Gasteiger partial charge < -0.3 is 10.2 Å². The SMILES string of the molecule is Cc1cc(C)n([C@@H](C)CC(=O)Nc2ccc(N3CCC(C)CC3)cc2)n1. The Labute approximate surface area is 156 Å². The Balaban J connectivity index is 1.55. The van der Waals surface area contributed by atoms with Gasteiger partial charge in [-0.25, -0.2) is 0 Å². The smallest absolute Gasteiger partial charge is 0.226 e. The summed E-state index contributed by atoms with van der Waals surface area (Å²) in [6.45, 7) is 10.6. The monoisotopic (exact) mass is 354 g/mol. The largest absolute Gasteiger partial charge is 0.372 e. The first kappa shape index (κ1) is 18.5. The molecule has 3 rings (SSSR count). The van der Waals surface area contributed by atoms with Gasteiger partial charge in [0.1, 0.15) is 0 Å². The summed E-state index contributed by atoms with van der Waals surface area (Å²) in [4.78, 5) is 14.8. The van der Waals surface area contributed by atoms with Crippen LogP contribution in [-0.4, -0.2) is 28.8 Å². The van der Waals surface area contributed by atoms with Crippen LogP contribution >= 0.6 is 0 Å². The van der Waals surface area contributed by atoms with Crippen molar-refractivity contribution in [2.75, 3.05) is 23.3 Å². The Morgan fingerprint density at radius 3 is 2.46 bits per heavy atom. The van der Waals surface area contributed by atoms with E-state index < -0.39 is 0 Å². The molecule has 2 aromatic rings. The number of amides is 1. The number of aromatic nitrogens is 2. The van der Waals surface area contributed by atoms with E-state index in [1.807, 2.05) is 43.7 Å². The lowest BCUT2D eigenvalue weighted by molar-refractivity contribution is -0.116. The van der Waals surface area contributed by atoms with Gasteiger partial charge in [0.2, 0.25) is 5.91 Å². The van der Waals surface area contributed by atoms with Crippen molar-refractivity contribution in [3.63, 3.8) is 0 Å². The van der Waals surface area contributed by atoms with Crippen LogP contribution in [-0.2, 0) is 4.79 Å². The molecular formula is C21H30N4O. The molecule has 2 heterocycles. The fourth-order valence-electron chi connectivity index (χ4n) is 3.68. The molecule has 1 aliphatic heterocycles. The van der Waals surface area contributed by atoms with E-state index in [0.29, 0.717) is 6.42 Å². The number of hydrogen-bond donors (Lipinski definition) is 1. The second kappa shape index (κ2) is 7.94. The van der Waals surface area contributed by atoms with Gasteiger partial charge in [-0.2, -0.15) is 5.10 Å². The molecule has 5 nitrogen and oxygen atoms in total. The first-order valence-corrected chi connectivity index (χ1v) is 9.60. The quantitative estimate of drug-likeness (QED) is 0.870. The third kappa shape index (κ3) is 4.45. The maximum atomic E-state index is 12.4.